The van der Waals surface area contributed by atoms with E-state index >= 15 is 0 Å². The Labute approximate surface area is 188 Å². The number of hydrogen-bond acceptors (Lipinski definition) is 5. The fraction of sp³-hybridized carbons (Fsp3) is 0.300. The van der Waals surface area contributed by atoms with E-state index in [1.54, 1.807) is 11.8 Å². The number of anilines is 1. The van der Waals surface area contributed by atoms with Crippen molar-refractivity contribution in [1.82, 2.24) is 14.5 Å². The van der Waals surface area contributed by atoms with Crippen molar-refractivity contribution in [3.63, 3.8) is 0 Å². The van der Waals surface area contributed by atoms with E-state index in [2.05, 4.69) is 26.2 Å². The summed E-state index contributed by atoms with van der Waals surface area (Å²) in [5.74, 6) is -2.59. The van der Waals surface area contributed by atoms with E-state index in [0.717, 1.165) is 17.4 Å². The molecule has 31 heavy (non-hydrogen) atoms. The predicted octanol–water partition coefficient (Wildman–Crippen LogP) is 3.93. The first kappa shape index (κ1) is 23.0. The van der Waals surface area contributed by atoms with E-state index in [9.17, 15) is 23.2 Å². The van der Waals surface area contributed by atoms with Crippen LogP contribution < -0.4 is 10.9 Å². The lowest BCUT2D eigenvalue weighted by Crippen LogP contribution is -2.36. The predicted molar refractivity (Wildman–Crippen MR) is 119 cm³/mol. The fourth-order valence-electron chi connectivity index (χ4n) is 3.14. The summed E-state index contributed by atoms with van der Waals surface area (Å²) in [6.45, 7) is 6.18. The highest BCUT2D eigenvalue weighted by atomic mass is 79.9. The Morgan fingerprint density at radius 2 is 1.94 bits per heavy atom. The van der Waals surface area contributed by atoms with Crippen LogP contribution in [0.15, 0.2) is 27.7 Å². The van der Waals surface area contributed by atoms with Gasteiger partial charge in [-0.2, -0.15) is 0 Å². The van der Waals surface area contributed by atoms with Gasteiger partial charge in [0, 0.05) is 23.6 Å². The van der Waals surface area contributed by atoms with Crippen LogP contribution in [-0.4, -0.2) is 39.4 Å². The molecule has 0 unspecified atom stereocenters. The van der Waals surface area contributed by atoms with Gasteiger partial charge in [-0.1, -0.05) is 0 Å². The van der Waals surface area contributed by atoms with Crippen molar-refractivity contribution in [2.75, 3.05) is 18.4 Å². The van der Waals surface area contributed by atoms with Gasteiger partial charge in [-0.3, -0.25) is 19.0 Å². The molecule has 2 aromatic heterocycles. The van der Waals surface area contributed by atoms with Crippen molar-refractivity contribution >= 4 is 55.0 Å². The minimum absolute atomic E-state index is 0.0486. The first-order chi connectivity index (χ1) is 14.7. The molecule has 0 saturated carbocycles. The van der Waals surface area contributed by atoms with Crippen LogP contribution in [0.5, 0.6) is 0 Å². The third-order valence-corrected chi connectivity index (χ3v) is 6.61. The normalized spacial score (nSPS) is 11.0. The number of nitrogens with one attached hydrogen (secondary N) is 1. The Balaban J connectivity index is 1.96. The molecule has 2 amide bonds. The number of carbonyl (C=O) groups is 2. The second kappa shape index (κ2) is 9.23. The van der Waals surface area contributed by atoms with Crippen molar-refractivity contribution in [2.45, 2.75) is 27.3 Å². The minimum Gasteiger partial charge on any atom is -0.342 e. The number of aryl methyl sites for hydroxylation is 1. The van der Waals surface area contributed by atoms with Gasteiger partial charge in [0.05, 0.1) is 22.3 Å². The number of hydrogen-bond donors (Lipinski definition) is 1. The third-order valence-electron chi connectivity index (χ3n) is 4.79. The maximum atomic E-state index is 14.1. The number of carbonyl (C=O) groups excluding carboxylic acids is 2. The molecule has 0 spiro atoms. The SMILES string of the molecule is CCN(CC)C(=O)Cn1cnc2sc(C(=O)Nc3c(F)cc(F)cc3Br)c(C)c2c1=O. The molecule has 164 valence electrons. The third kappa shape index (κ3) is 4.52. The Kier molecular flexibility index (Phi) is 6.85. The quantitative estimate of drug-likeness (QED) is 0.542. The van der Waals surface area contributed by atoms with Crippen LogP contribution in [-0.2, 0) is 11.3 Å². The number of likely N-dealkylation sites (N-methyl/N-ethyl adjacent to an activating group) is 1. The van der Waals surface area contributed by atoms with Gasteiger partial charge in [0.2, 0.25) is 5.91 Å². The van der Waals surface area contributed by atoms with Crippen LogP contribution in [0.3, 0.4) is 0 Å². The highest BCUT2D eigenvalue weighted by molar-refractivity contribution is 9.10. The Morgan fingerprint density at radius 1 is 1.26 bits per heavy atom. The summed E-state index contributed by atoms with van der Waals surface area (Å²) in [6, 6.07) is 1.69. The number of amides is 2. The maximum Gasteiger partial charge on any atom is 0.266 e. The van der Waals surface area contributed by atoms with Crippen LogP contribution in [0.2, 0.25) is 0 Å². The standard InChI is InChI=1S/C20H19BrF2N4O3S/c1-4-26(5-2)14(28)8-27-9-24-19-15(20(27)30)10(3)17(31-19)18(29)25-16-12(21)6-11(22)7-13(16)23/h6-7,9H,4-5,8H2,1-3H3,(H,25,29). The van der Waals surface area contributed by atoms with E-state index in [4.69, 9.17) is 0 Å². The molecular formula is C20H19BrF2N4O3S. The molecule has 3 aromatic rings. The number of benzene rings is 1. The molecule has 2 heterocycles. The molecular weight excluding hydrogens is 494 g/mol. The lowest BCUT2D eigenvalue weighted by molar-refractivity contribution is -0.131. The molecule has 0 aliphatic rings. The molecule has 1 aromatic carbocycles. The van der Waals surface area contributed by atoms with Crippen molar-refractivity contribution in [3.8, 4) is 0 Å². The van der Waals surface area contributed by atoms with Crippen molar-refractivity contribution in [1.29, 1.82) is 0 Å². The highest BCUT2D eigenvalue weighted by Gasteiger charge is 2.22. The average molecular weight is 513 g/mol. The first-order valence-electron chi connectivity index (χ1n) is 9.40. The van der Waals surface area contributed by atoms with Gasteiger partial charge in [-0.15, -0.1) is 11.3 Å². The van der Waals surface area contributed by atoms with E-state index in [1.807, 2.05) is 13.8 Å². The van der Waals surface area contributed by atoms with Gasteiger partial charge < -0.3 is 10.2 Å². The van der Waals surface area contributed by atoms with Gasteiger partial charge in [-0.05, 0) is 48.3 Å². The van der Waals surface area contributed by atoms with Crippen molar-refractivity contribution < 1.29 is 18.4 Å². The summed E-state index contributed by atoms with van der Waals surface area (Å²) >= 11 is 4.01. The van der Waals surface area contributed by atoms with E-state index in [0.29, 0.717) is 29.5 Å². The van der Waals surface area contributed by atoms with Crippen molar-refractivity contribution in [2.24, 2.45) is 0 Å². The summed E-state index contributed by atoms with van der Waals surface area (Å²) in [6.07, 6.45) is 1.28. The lowest BCUT2D eigenvalue weighted by Gasteiger charge is -2.18. The molecule has 0 saturated heterocycles. The van der Waals surface area contributed by atoms with Crippen LogP contribution in [0.25, 0.3) is 10.2 Å². The number of aromatic nitrogens is 2. The molecule has 7 nitrogen and oxygen atoms in total. The summed E-state index contributed by atoms with van der Waals surface area (Å²) in [7, 11) is 0. The van der Waals surface area contributed by atoms with Gasteiger partial charge in [0.25, 0.3) is 11.5 Å². The number of fused-ring (bicyclic) bond motifs is 1. The summed E-state index contributed by atoms with van der Waals surface area (Å²) in [5.41, 5.74) is -0.274. The molecule has 0 aliphatic heterocycles. The average Bonchev–Trinajstić information content (AvgIpc) is 3.05. The van der Waals surface area contributed by atoms with E-state index in [1.165, 1.54) is 10.9 Å². The van der Waals surface area contributed by atoms with Gasteiger partial charge in [-0.25, -0.2) is 13.8 Å². The molecule has 0 aliphatic carbocycles. The lowest BCUT2D eigenvalue weighted by atomic mass is 10.2. The highest BCUT2D eigenvalue weighted by Crippen LogP contribution is 2.31. The van der Waals surface area contributed by atoms with E-state index in [-0.39, 0.29) is 32.9 Å². The Hall–Kier alpha value is -2.66. The van der Waals surface area contributed by atoms with Gasteiger partial charge in [0.15, 0.2) is 5.82 Å². The number of nitrogens with zero attached hydrogens (tertiary/aromatic N) is 3. The minimum atomic E-state index is -0.936. The Bertz CT molecular complexity index is 1210. The zero-order chi connectivity index (χ0) is 22.9. The molecule has 0 atom stereocenters. The van der Waals surface area contributed by atoms with Crippen LogP contribution in [0, 0.1) is 18.6 Å². The first-order valence-corrected chi connectivity index (χ1v) is 11.0. The summed E-state index contributed by atoms with van der Waals surface area (Å²) < 4.78 is 28.6. The summed E-state index contributed by atoms with van der Waals surface area (Å²) in [4.78, 5) is 44.4. The monoisotopic (exact) mass is 512 g/mol. The zero-order valence-corrected chi connectivity index (χ0v) is 19.4. The van der Waals surface area contributed by atoms with Crippen molar-refractivity contribution in [3.05, 3.63) is 55.4 Å². The van der Waals surface area contributed by atoms with Gasteiger partial charge in [0.1, 0.15) is 17.2 Å². The number of thiophene rings is 1. The summed E-state index contributed by atoms with van der Waals surface area (Å²) in [5, 5.41) is 2.63. The topological polar surface area (TPSA) is 84.3 Å². The smallest absolute Gasteiger partial charge is 0.266 e. The molecule has 3 rings (SSSR count). The Morgan fingerprint density at radius 3 is 2.55 bits per heavy atom. The zero-order valence-electron chi connectivity index (χ0n) is 17.0. The maximum absolute atomic E-state index is 14.1. The second-order valence-electron chi connectivity index (χ2n) is 6.68. The molecule has 0 fully saturated rings. The molecule has 1 N–H and O–H groups in total. The van der Waals surface area contributed by atoms with E-state index < -0.39 is 23.1 Å². The van der Waals surface area contributed by atoms with Crippen LogP contribution in [0.1, 0.15) is 29.1 Å². The largest absolute Gasteiger partial charge is 0.342 e. The van der Waals surface area contributed by atoms with Crippen LogP contribution >= 0.6 is 27.3 Å². The molecule has 0 radical (unpaired) electrons. The molecule has 0 bridgehead atoms. The number of rotatable bonds is 6. The molecule has 11 heteroatoms. The van der Waals surface area contributed by atoms with Gasteiger partial charge >= 0.3 is 0 Å². The van der Waals surface area contributed by atoms with Crippen LogP contribution in [0.4, 0.5) is 14.5 Å². The number of halogens is 3. The second-order valence-corrected chi connectivity index (χ2v) is 8.53. The fourth-order valence-corrected chi connectivity index (χ4v) is 4.68.